The molecule has 2 rings (SSSR count). The summed E-state index contributed by atoms with van der Waals surface area (Å²) in [6, 6.07) is 3.63. The number of hydrogen-bond acceptors (Lipinski definition) is 3. The quantitative estimate of drug-likeness (QED) is 0.635. The van der Waals surface area contributed by atoms with Crippen LogP contribution in [0.25, 0.3) is 0 Å². The van der Waals surface area contributed by atoms with Gasteiger partial charge in [0.2, 0.25) is 0 Å². The molecule has 0 spiro atoms. The Morgan fingerprint density at radius 1 is 1.53 bits per heavy atom. The van der Waals surface area contributed by atoms with Crippen molar-refractivity contribution in [2.24, 2.45) is 0 Å². The molecule has 0 saturated heterocycles. The number of Topliss-reactive ketones (excluding diaryl/α,β-unsaturated/α-hetero) is 1. The fourth-order valence-corrected chi connectivity index (χ4v) is 1.74. The second-order valence-corrected chi connectivity index (χ2v) is 3.86. The average Bonchev–Trinajstić information content (AvgIpc) is 2.95. The van der Waals surface area contributed by atoms with Crippen molar-refractivity contribution >= 4 is 12.1 Å². The maximum atomic E-state index is 11.9. The molecule has 0 unspecified atom stereocenters. The smallest absolute Gasteiger partial charge is 0.179 e. The molecule has 2 heterocycles. The summed E-state index contributed by atoms with van der Waals surface area (Å²) in [4.78, 5) is 25.4. The highest BCUT2D eigenvalue weighted by Gasteiger charge is 2.14. The fraction of sp³-hybridized carbons (Fsp3) is 0.231. The van der Waals surface area contributed by atoms with Crippen LogP contribution in [0.4, 0.5) is 0 Å². The monoisotopic (exact) mass is 231 g/mol. The number of ketones is 1. The standard InChI is InChI=1S/C13H13NO3/c1-9-10(8-15)7-14-13(9)12(16)5-4-11-3-2-6-17-11/h2-3,6-8,14H,4-5H2,1H3. The van der Waals surface area contributed by atoms with Gasteiger partial charge in [0.05, 0.1) is 12.0 Å². The molecule has 0 bridgehead atoms. The number of carbonyl (C=O) groups is 2. The number of H-pyrrole nitrogens is 1. The molecule has 0 aliphatic carbocycles. The van der Waals surface area contributed by atoms with Crippen LogP contribution in [0.1, 0.15) is 38.6 Å². The van der Waals surface area contributed by atoms with Crippen LogP contribution in [0.2, 0.25) is 0 Å². The first-order valence-electron chi connectivity index (χ1n) is 5.41. The zero-order chi connectivity index (χ0) is 12.3. The van der Waals surface area contributed by atoms with Crippen molar-refractivity contribution in [2.45, 2.75) is 19.8 Å². The number of aromatic nitrogens is 1. The van der Waals surface area contributed by atoms with Crippen LogP contribution < -0.4 is 0 Å². The molecule has 2 aromatic rings. The lowest BCUT2D eigenvalue weighted by Gasteiger charge is -1.99. The summed E-state index contributed by atoms with van der Waals surface area (Å²) in [6.07, 6.45) is 4.83. The summed E-state index contributed by atoms with van der Waals surface area (Å²) < 4.78 is 5.16. The van der Waals surface area contributed by atoms with Gasteiger partial charge in [0, 0.05) is 24.6 Å². The minimum atomic E-state index is -0.00741. The summed E-state index contributed by atoms with van der Waals surface area (Å²) in [5.41, 5.74) is 1.76. The first kappa shape index (κ1) is 11.4. The van der Waals surface area contributed by atoms with E-state index in [1.165, 1.54) is 0 Å². The molecular formula is C13H13NO3. The first-order valence-corrected chi connectivity index (χ1v) is 5.41. The third-order valence-electron chi connectivity index (χ3n) is 2.76. The van der Waals surface area contributed by atoms with Crippen LogP contribution in [-0.4, -0.2) is 17.1 Å². The lowest BCUT2D eigenvalue weighted by Crippen LogP contribution is -2.03. The van der Waals surface area contributed by atoms with Crippen molar-refractivity contribution in [3.8, 4) is 0 Å². The van der Waals surface area contributed by atoms with Crippen molar-refractivity contribution in [1.82, 2.24) is 4.98 Å². The molecule has 1 N–H and O–H groups in total. The highest BCUT2D eigenvalue weighted by atomic mass is 16.3. The Labute approximate surface area is 98.6 Å². The molecule has 0 aliphatic rings. The number of rotatable bonds is 5. The number of hydrogen-bond donors (Lipinski definition) is 1. The van der Waals surface area contributed by atoms with Gasteiger partial charge in [-0.3, -0.25) is 9.59 Å². The van der Waals surface area contributed by atoms with E-state index in [-0.39, 0.29) is 5.78 Å². The minimum Gasteiger partial charge on any atom is -0.469 e. The number of carbonyl (C=O) groups excluding carboxylic acids is 2. The van der Waals surface area contributed by atoms with E-state index >= 15 is 0 Å². The van der Waals surface area contributed by atoms with Crippen molar-refractivity contribution in [2.75, 3.05) is 0 Å². The molecular weight excluding hydrogens is 218 g/mol. The first-order chi connectivity index (χ1) is 8.22. The molecule has 4 nitrogen and oxygen atoms in total. The summed E-state index contributed by atoms with van der Waals surface area (Å²) >= 11 is 0. The van der Waals surface area contributed by atoms with Crippen molar-refractivity contribution < 1.29 is 14.0 Å². The molecule has 0 fully saturated rings. The van der Waals surface area contributed by atoms with Crippen molar-refractivity contribution in [3.05, 3.63) is 47.2 Å². The van der Waals surface area contributed by atoms with Crippen molar-refractivity contribution in [1.29, 1.82) is 0 Å². The van der Waals surface area contributed by atoms with Gasteiger partial charge in [-0.15, -0.1) is 0 Å². The molecule has 88 valence electrons. The van der Waals surface area contributed by atoms with Crippen molar-refractivity contribution in [3.63, 3.8) is 0 Å². The van der Waals surface area contributed by atoms with E-state index in [9.17, 15) is 9.59 Å². The SMILES string of the molecule is Cc1c(C=O)c[nH]c1C(=O)CCc1ccco1. The number of aromatic amines is 1. The molecule has 4 heteroatoms. The summed E-state index contributed by atoms with van der Waals surface area (Å²) in [6.45, 7) is 1.76. The van der Waals surface area contributed by atoms with Gasteiger partial charge in [-0.2, -0.15) is 0 Å². The number of aryl methyl sites for hydroxylation is 1. The van der Waals surface area contributed by atoms with Crippen LogP contribution in [0, 0.1) is 6.92 Å². The maximum Gasteiger partial charge on any atom is 0.179 e. The molecule has 2 aromatic heterocycles. The fourth-order valence-electron chi connectivity index (χ4n) is 1.74. The zero-order valence-electron chi connectivity index (χ0n) is 9.53. The van der Waals surface area contributed by atoms with E-state index in [0.717, 1.165) is 12.0 Å². The van der Waals surface area contributed by atoms with Gasteiger partial charge in [-0.05, 0) is 24.6 Å². The van der Waals surface area contributed by atoms with Gasteiger partial charge < -0.3 is 9.40 Å². The van der Waals surface area contributed by atoms with Crippen LogP contribution in [0.15, 0.2) is 29.0 Å². The maximum absolute atomic E-state index is 11.9. The van der Waals surface area contributed by atoms with Crippen LogP contribution in [0.3, 0.4) is 0 Å². The Morgan fingerprint density at radius 3 is 2.94 bits per heavy atom. The third kappa shape index (κ3) is 2.36. The lowest BCUT2D eigenvalue weighted by molar-refractivity contribution is 0.0976. The molecule has 0 atom stereocenters. The lowest BCUT2D eigenvalue weighted by atomic mass is 10.1. The Morgan fingerprint density at radius 2 is 2.35 bits per heavy atom. The second kappa shape index (κ2) is 4.82. The van der Waals surface area contributed by atoms with Crippen LogP contribution >= 0.6 is 0 Å². The highest BCUT2D eigenvalue weighted by Crippen LogP contribution is 2.14. The molecule has 0 radical (unpaired) electrons. The van der Waals surface area contributed by atoms with Gasteiger partial charge >= 0.3 is 0 Å². The topological polar surface area (TPSA) is 63.1 Å². The molecule has 0 saturated carbocycles. The molecule has 17 heavy (non-hydrogen) atoms. The Bertz CT molecular complexity index is 523. The van der Waals surface area contributed by atoms with Gasteiger partial charge in [0.1, 0.15) is 5.76 Å². The average molecular weight is 231 g/mol. The molecule has 0 aliphatic heterocycles. The molecule has 0 amide bonds. The Balaban J connectivity index is 2.04. The Hall–Kier alpha value is -2.10. The van der Waals surface area contributed by atoms with Gasteiger partial charge in [-0.25, -0.2) is 0 Å². The predicted octanol–water partition coefficient (Wildman–Crippen LogP) is 2.54. The summed E-state index contributed by atoms with van der Waals surface area (Å²) in [5, 5.41) is 0. The zero-order valence-corrected chi connectivity index (χ0v) is 9.53. The van der Waals surface area contributed by atoms with E-state index in [1.807, 2.05) is 6.07 Å². The number of nitrogens with one attached hydrogen (secondary N) is 1. The van der Waals surface area contributed by atoms with E-state index in [0.29, 0.717) is 29.7 Å². The normalized spacial score (nSPS) is 10.4. The van der Waals surface area contributed by atoms with E-state index in [1.54, 1.807) is 25.5 Å². The van der Waals surface area contributed by atoms with Crippen LogP contribution in [0.5, 0.6) is 0 Å². The van der Waals surface area contributed by atoms with Gasteiger partial charge in [0.15, 0.2) is 12.1 Å². The van der Waals surface area contributed by atoms with Gasteiger partial charge in [0.25, 0.3) is 0 Å². The second-order valence-electron chi connectivity index (χ2n) is 3.86. The van der Waals surface area contributed by atoms with Crippen LogP contribution in [-0.2, 0) is 6.42 Å². The predicted molar refractivity (Wildman–Crippen MR) is 62.3 cm³/mol. The van der Waals surface area contributed by atoms with E-state index < -0.39 is 0 Å². The van der Waals surface area contributed by atoms with E-state index in [4.69, 9.17) is 4.42 Å². The minimum absolute atomic E-state index is 0.00741. The highest BCUT2D eigenvalue weighted by molar-refractivity contribution is 5.98. The third-order valence-corrected chi connectivity index (χ3v) is 2.76. The van der Waals surface area contributed by atoms with E-state index in [2.05, 4.69) is 4.98 Å². The van der Waals surface area contributed by atoms with Gasteiger partial charge in [-0.1, -0.05) is 0 Å². The number of furan rings is 1. The Kier molecular flexibility index (Phi) is 3.23. The largest absolute Gasteiger partial charge is 0.469 e. The summed E-state index contributed by atoms with van der Waals surface area (Å²) in [7, 11) is 0. The molecule has 0 aromatic carbocycles. The summed E-state index contributed by atoms with van der Waals surface area (Å²) in [5.74, 6) is 0.783. The number of aldehydes is 1.